The van der Waals surface area contributed by atoms with Crippen LogP contribution in [0.3, 0.4) is 0 Å². The van der Waals surface area contributed by atoms with Crippen LogP contribution < -0.4 is 10.6 Å². The Balaban J connectivity index is 1.42. The molecule has 3 saturated heterocycles. The van der Waals surface area contributed by atoms with Crippen molar-refractivity contribution in [2.45, 2.75) is 33.3 Å². The number of anilines is 2. The molecule has 3 aliphatic heterocycles. The summed E-state index contributed by atoms with van der Waals surface area (Å²) in [6.07, 6.45) is 0.538. The van der Waals surface area contributed by atoms with Gasteiger partial charge in [-0.2, -0.15) is 0 Å². The number of amides is 3. The van der Waals surface area contributed by atoms with Crippen LogP contribution in [-0.4, -0.2) is 55.2 Å². The Morgan fingerprint density at radius 2 is 1.57 bits per heavy atom. The second kappa shape index (κ2) is 10.9. The normalized spacial score (nSPS) is 29.2. The Morgan fingerprint density at radius 3 is 2.23 bits per heavy atom. The quantitative estimate of drug-likeness (QED) is 0.312. The van der Waals surface area contributed by atoms with Gasteiger partial charge in [0.1, 0.15) is 6.04 Å². The number of thioether (sulfide) groups is 1. The predicted molar refractivity (Wildman–Crippen MR) is 160 cm³/mol. The highest BCUT2D eigenvalue weighted by Crippen LogP contribution is 2.68. The number of benzene rings is 3. The molecule has 3 aromatic carbocycles. The van der Waals surface area contributed by atoms with E-state index in [0.717, 1.165) is 5.56 Å². The summed E-state index contributed by atoms with van der Waals surface area (Å²) >= 11 is 11.4. The van der Waals surface area contributed by atoms with Crippen LogP contribution in [0.2, 0.25) is 5.02 Å². The third-order valence-electron chi connectivity index (χ3n) is 8.12. The fourth-order valence-corrected chi connectivity index (χ4v) is 10.2. The van der Waals surface area contributed by atoms with Gasteiger partial charge in [0.25, 0.3) is 0 Å². The molecular formula is C30H27BrClN3O4S. The standard InChI is InChI=1S/C30H27BrClN3O4S/c31-21-15-30-24(23(25(21)40-30)27(37)33-19-9-5-2-6-10-19)29(39)35(22(16-36)17-7-3-1-4-8-17)26(30)28(38)34-20-13-11-18(32)12-14-20/h1-14,21-26,36H,15-16H2,(H,33,37)(H,34,38)/t21?,22-,23+,24+,25+,26?,30?/m1/s1. The van der Waals surface area contributed by atoms with Crippen molar-refractivity contribution in [1.82, 2.24) is 4.90 Å². The second-order valence-corrected chi connectivity index (χ2v) is 13.5. The number of likely N-dealkylation sites (tertiary alicyclic amines) is 1. The van der Waals surface area contributed by atoms with Gasteiger partial charge in [-0.25, -0.2) is 0 Å². The van der Waals surface area contributed by atoms with Gasteiger partial charge in [-0.15, -0.1) is 11.8 Å². The first-order valence-electron chi connectivity index (χ1n) is 13.1. The van der Waals surface area contributed by atoms with E-state index in [4.69, 9.17) is 11.6 Å². The van der Waals surface area contributed by atoms with E-state index in [1.54, 1.807) is 36.0 Å². The smallest absolute Gasteiger partial charge is 0.248 e. The minimum atomic E-state index is -0.914. The number of nitrogens with one attached hydrogen (secondary N) is 2. The van der Waals surface area contributed by atoms with Crippen molar-refractivity contribution >= 4 is 68.4 Å². The maximum absolute atomic E-state index is 14.4. The van der Waals surface area contributed by atoms with Gasteiger partial charge in [-0.3, -0.25) is 14.4 Å². The molecular weight excluding hydrogens is 614 g/mol. The number of hydrogen-bond donors (Lipinski definition) is 3. The monoisotopic (exact) mass is 639 g/mol. The molecule has 3 aliphatic rings. The van der Waals surface area contributed by atoms with Crippen LogP contribution in [0.5, 0.6) is 0 Å². The zero-order valence-electron chi connectivity index (χ0n) is 21.2. The number of fused-ring (bicyclic) bond motifs is 1. The third-order valence-corrected chi connectivity index (χ3v) is 11.6. The van der Waals surface area contributed by atoms with Gasteiger partial charge < -0.3 is 20.6 Å². The first-order chi connectivity index (χ1) is 19.3. The van der Waals surface area contributed by atoms with Crippen LogP contribution in [-0.2, 0) is 14.4 Å². The fourth-order valence-electron chi connectivity index (χ4n) is 6.52. The Bertz CT molecular complexity index is 1430. The molecule has 1 spiro atoms. The molecule has 6 rings (SSSR count). The Kier molecular flexibility index (Phi) is 7.41. The van der Waals surface area contributed by atoms with E-state index in [2.05, 4.69) is 26.6 Å². The van der Waals surface area contributed by atoms with Crippen LogP contribution in [0.4, 0.5) is 11.4 Å². The van der Waals surface area contributed by atoms with E-state index in [0.29, 0.717) is 22.8 Å². The molecule has 3 unspecified atom stereocenters. The first kappa shape index (κ1) is 27.3. The first-order valence-corrected chi connectivity index (χ1v) is 15.2. The van der Waals surface area contributed by atoms with Crippen molar-refractivity contribution in [1.29, 1.82) is 0 Å². The zero-order chi connectivity index (χ0) is 28.0. The van der Waals surface area contributed by atoms with Crippen LogP contribution >= 0.6 is 39.3 Å². The molecule has 40 heavy (non-hydrogen) atoms. The number of para-hydroxylation sites is 1. The van der Waals surface area contributed by atoms with Crippen molar-refractivity contribution in [2.24, 2.45) is 11.8 Å². The molecule has 0 aromatic heterocycles. The number of halogens is 2. The number of rotatable bonds is 7. The summed E-state index contributed by atoms with van der Waals surface area (Å²) in [5.74, 6) is -2.26. The van der Waals surface area contributed by atoms with E-state index < -0.39 is 28.7 Å². The summed E-state index contributed by atoms with van der Waals surface area (Å²) in [5, 5.41) is 16.9. The molecule has 10 heteroatoms. The van der Waals surface area contributed by atoms with Crippen molar-refractivity contribution in [3.05, 3.63) is 95.5 Å². The molecule has 0 saturated carbocycles. The summed E-state index contributed by atoms with van der Waals surface area (Å²) in [6, 6.07) is 23.5. The summed E-state index contributed by atoms with van der Waals surface area (Å²) < 4.78 is -0.854. The molecule has 0 radical (unpaired) electrons. The molecule has 206 valence electrons. The SMILES string of the molecule is O=C(Nc1ccc(Cl)cc1)C1N([C@H](CO)c2ccccc2)C(=O)[C@@H]2[C@H](C(=O)Nc3ccccc3)[C@H]3SC12CC3Br. The number of alkyl halides is 1. The molecule has 3 amide bonds. The summed E-state index contributed by atoms with van der Waals surface area (Å²) in [5.41, 5.74) is 1.92. The van der Waals surface area contributed by atoms with E-state index in [1.165, 1.54) is 4.90 Å². The van der Waals surface area contributed by atoms with Gasteiger partial charge in [0.15, 0.2) is 0 Å². The highest BCUT2D eigenvalue weighted by atomic mass is 79.9. The number of carbonyl (C=O) groups excluding carboxylic acids is 3. The number of carbonyl (C=O) groups is 3. The maximum Gasteiger partial charge on any atom is 0.248 e. The lowest BCUT2D eigenvalue weighted by Gasteiger charge is -2.37. The van der Waals surface area contributed by atoms with Gasteiger partial charge in [0, 0.05) is 26.5 Å². The average molecular weight is 641 g/mol. The van der Waals surface area contributed by atoms with Crippen molar-refractivity contribution in [3.63, 3.8) is 0 Å². The number of aliphatic hydroxyl groups is 1. The Morgan fingerprint density at radius 1 is 0.975 bits per heavy atom. The van der Waals surface area contributed by atoms with Crippen LogP contribution in [0.1, 0.15) is 18.0 Å². The molecule has 3 fully saturated rings. The molecule has 3 N–H and O–H groups in total. The van der Waals surface area contributed by atoms with E-state index >= 15 is 0 Å². The highest BCUT2D eigenvalue weighted by molar-refractivity contribution is 9.09. The average Bonchev–Trinajstić information content (AvgIpc) is 3.55. The zero-order valence-corrected chi connectivity index (χ0v) is 24.4. The van der Waals surface area contributed by atoms with Gasteiger partial charge in [0.05, 0.1) is 29.2 Å². The van der Waals surface area contributed by atoms with Gasteiger partial charge in [0.2, 0.25) is 17.7 Å². The van der Waals surface area contributed by atoms with Gasteiger partial charge in [-0.1, -0.05) is 76.1 Å². The number of hydrogen-bond acceptors (Lipinski definition) is 5. The largest absolute Gasteiger partial charge is 0.394 e. The topological polar surface area (TPSA) is 98.7 Å². The Labute approximate surface area is 249 Å². The summed E-state index contributed by atoms with van der Waals surface area (Å²) in [4.78, 5) is 43.8. The van der Waals surface area contributed by atoms with Gasteiger partial charge >= 0.3 is 0 Å². The number of nitrogens with zero attached hydrogens (tertiary/aromatic N) is 1. The van der Waals surface area contributed by atoms with Crippen molar-refractivity contribution in [2.75, 3.05) is 17.2 Å². The summed E-state index contributed by atoms with van der Waals surface area (Å²) in [6.45, 7) is -0.365. The van der Waals surface area contributed by atoms with E-state index in [1.807, 2.05) is 60.7 Å². The van der Waals surface area contributed by atoms with E-state index in [9.17, 15) is 19.5 Å². The van der Waals surface area contributed by atoms with Crippen molar-refractivity contribution < 1.29 is 19.5 Å². The molecule has 3 aromatic rings. The third kappa shape index (κ3) is 4.53. The lowest BCUT2D eigenvalue weighted by molar-refractivity contribution is -0.141. The second-order valence-electron chi connectivity index (χ2n) is 10.4. The molecule has 7 atom stereocenters. The Hall–Kier alpha value is -2.85. The molecule has 3 heterocycles. The van der Waals surface area contributed by atoms with E-state index in [-0.39, 0.29) is 34.4 Å². The lowest BCUT2D eigenvalue weighted by atomic mass is 9.70. The molecule has 7 nitrogen and oxygen atoms in total. The van der Waals surface area contributed by atoms with Crippen LogP contribution in [0.25, 0.3) is 0 Å². The fraction of sp³-hybridized carbons (Fsp3) is 0.300. The minimum Gasteiger partial charge on any atom is -0.394 e. The highest BCUT2D eigenvalue weighted by Gasteiger charge is 2.76. The minimum absolute atomic E-state index is 0.0665. The van der Waals surface area contributed by atoms with Crippen LogP contribution in [0, 0.1) is 11.8 Å². The van der Waals surface area contributed by atoms with Crippen molar-refractivity contribution in [3.8, 4) is 0 Å². The van der Waals surface area contributed by atoms with Crippen LogP contribution in [0.15, 0.2) is 84.9 Å². The summed E-state index contributed by atoms with van der Waals surface area (Å²) in [7, 11) is 0. The molecule has 2 bridgehead atoms. The maximum atomic E-state index is 14.4. The lowest BCUT2D eigenvalue weighted by Crippen LogP contribution is -2.53. The number of aliphatic hydroxyl groups excluding tert-OH is 1. The predicted octanol–water partition coefficient (Wildman–Crippen LogP) is 5.12. The molecule has 0 aliphatic carbocycles. The van der Waals surface area contributed by atoms with Gasteiger partial charge in [-0.05, 0) is 48.4 Å².